The van der Waals surface area contributed by atoms with Crippen molar-refractivity contribution in [2.45, 2.75) is 18.7 Å². The van der Waals surface area contributed by atoms with Crippen LogP contribution >= 0.6 is 27.7 Å². The van der Waals surface area contributed by atoms with Crippen molar-refractivity contribution in [2.24, 2.45) is 0 Å². The van der Waals surface area contributed by atoms with Gasteiger partial charge in [0.25, 0.3) is 0 Å². The van der Waals surface area contributed by atoms with E-state index in [4.69, 9.17) is 0 Å². The van der Waals surface area contributed by atoms with Crippen molar-refractivity contribution in [3.63, 3.8) is 0 Å². The minimum atomic E-state index is 1.15. The molecular formula is C9H13BrS. The lowest BCUT2D eigenvalue weighted by molar-refractivity contribution is 1.44. The van der Waals surface area contributed by atoms with Gasteiger partial charge in [-0.25, -0.2) is 0 Å². The molecule has 11 heavy (non-hydrogen) atoms. The molecule has 1 aromatic carbocycles. The van der Waals surface area contributed by atoms with E-state index in [9.17, 15) is 0 Å². The third-order valence-corrected chi connectivity index (χ3v) is 2.25. The topological polar surface area (TPSA) is 0 Å². The number of hydrogen-bond acceptors (Lipinski definition) is 1. The van der Waals surface area contributed by atoms with Gasteiger partial charge in [-0.3, -0.25) is 0 Å². The van der Waals surface area contributed by atoms with Crippen LogP contribution in [0.5, 0.6) is 0 Å². The molecule has 0 unspecified atom stereocenters. The molecule has 0 aliphatic heterocycles. The van der Waals surface area contributed by atoms with Crippen LogP contribution in [0.25, 0.3) is 0 Å². The fourth-order valence-corrected chi connectivity index (χ4v) is 1.60. The zero-order valence-corrected chi connectivity index (χ0v) is 9.50. The van der Waals surface area contributed by atoms with Crippen molar-refractivity contribution in [3.8, 4) is 0 Å². The normalized spacial score (nSPS) is 8.36. The van der Waals surface area contributed by atoms with Crippen LogP contribution in [0.1, 0.15) is 13.8 Å². The summed E-state index contributed by atoms with van der Waals surface area (Å²) in [4.78, 5) is 1.30. The Hall–Kier alpha value is 0.0500. The summed E-state index contributed by atoms with van der Waals surface area (Å²) in [6.45, 7) is 4.00. The first-order chi connectivity index (χ1) is 5.33. The zero-order valence-electron chi connectivity index (χ0n) is 7.10. The first-order valence-electron chi connectivity index (χ1n) is 3.62. The quantitative estimate of drug-likeness (QED) is 0.655. The van der Waals surface area contributed by atoms with Crippen LogP contribution in [0.2, 0.25) is 0 Å². The van der Waals surface area contributed by atoms with Crippen LogP contribution in [0.15, 0.2) is 33.6 Å². The van der Waals surface area contributed by atoms with Gasteiger partial charge >= 0.3 is 0 Å². The van der Waals surface area contributed by atoms with Crippen molar-refractivity contribution in [2.75, 3.05) is 6.26 Å². The van der Waals surface area contributed by atoms with Gasteiger partial charge in [-0.15, -0.1) is 11.8 Å². The van der Waals surface area contributed by atoms with E-state index < -0.39 is 0 Å². The SMILES string of the molecule is CC.CSc1cccc(Br)c1. The average Bonchev–Trinajstić information content (AvgIpc) is 2.08. The first kappa shape index (κ1) is 11.1. The van der Waals surface area contributed by atoms with Gasteiger partial charge < -0.3 is 0 Å². The van der Waals surface area contributed by atoms with Gasteiger partial charge in [0.15, 0.2) is 0 Å². The molecular weight excluding hydrogens is 220 g/mol. The Morgan fingerprint density at radius 1 is 1.27 bits per heavy atom. The molecule has 0 saturated carbocycles. The molecule has 0 saturated heterocycles. The number of hydrogen-bond donors (Lipinski definition) is 0. The summed E-state index contributed by atoms with van der Waals surface area (Å²) in [5.41, 5.74) is 0. The summed E-state index contributed by atoms with van der Waals surface area (Å²) >= 11 is 5.14. The first-order valence-corrected chi connectivity index (χ1v) is 5.64. The Morgan fingerprint density at radius 3 is 2.27 bits per heavy atom. The predicted octanol–water partition coefficient (Wildman–Crippen LogP) is 4.20. The Labute approximate surface area is 81.5 Å². The highest BCUT2D eigenvalue weighted by Crippen LogP contribution is 2.18. The van der Waals surface area contributed by atoms with Gasteiger partial charge in [0, 0.05) is 9.37 Å². The summed E-state index contributed by atoms with van der Waals surface area (Å²) in [5.74, 6) is 0. The smallest absolute Gasteiger partial charge is 0.0186 e. The minimum Gasteiger partial charge on any atom is -0.130 e. The van der Waals surface area contributed by atoms with E-state index in [2.05, 4.69) is 34.3 Å². The third-order valence-electron chi connectivity index (χ3n) is 1.03. The molecule has 0 spiro atoms. The summed E-state index contributed by atoms with van der Waals surface area (Å²) in [7, 11) is 0. The van der Waals surface area contributed by atoms with Gasteiger partial charge in [0.1, 0.15) is 0 Å². The lowest BCUT2D eigenvalue weighted by atomic mass is 10.4. The molecule has 1 aromatic rings. The Balaban J connectivity index is 0.000000461. The van der Waals surface area contributed by atoms with Gasteiger partial charge in [-0.2, -0.15) is 0 Å². The maximum Gasteiger partial charge on any atom is 0.0186 e. The zero-order chi connectivity index (χ0) is 8.69. The van der Waals surface area contributed by atoms with Gasteiger partial charge in [0.2, 0.25) is 0 Å². The van der Waals surface area contributed by atoms with Crippen LogP contribution in [-0.2, 0) is 0 Å². The fraction of sp³-hybridized carbons (Fsp3) is 0.333. The van der Waals surface area contributed by atoms with Gasteiger partial charge in [-0.1, -0.05) is 35.8 Å². The van der Waals surface area contributed by atoms with E-state index in [1.54, 1.807) is 11.8 Å². The minimum absolute atomic E-state index is 1.15. The van der Waals surface area contributed by atoms with E-state index in [-0.39, 0.29) is 0 Å². The van der Waals surface area contributed by atoms with Gasteiger partial charge in [-0.05, 0) is 24.5 Å². The molecule has 0 radical (unpaired) electrons. The number of benzene rings is 1. The molecule has 0 bridgehead atoms. The largest absolute Gasteiger partial charge is 0.130 e. The predicted molar refractivity (Wildman–Crippen MR) is 57.3 cm³/mol. The second kappa shape index (κ2) is 6.74. The number of halogens is 1. The summed E-state index contributed by atoms with van der Waals surface area (Å²) in [6.07, 6.45) is 2.07. The van der Waals surface area contributed by atoms with Crippen molar-refractivity contribution < 1.29 is 0 Å². The standard InChI is InChI=1S/C7H7BrS.C2H6/c1-9-7-4-2-3-6(8)5-7;1-2/h2-5H,1H3;1-2H3. The van der Waals surface area contributed by atoms with Gasteiger partial charge in [0.05, 0.1) is 0 Å². The molecule has 0 nitrogen and oxygen atoms in total. The second-order valence-corrected chi connectivity index (χ2v) is 3.46. The number of rotatable bonds is 1. The van der Waals surface area contributed by atoms with Crippen LogP contribution < -0.4 is 0 Å². The van der Waals surface area contributed by atoms with Crippen molar-refractivity contribution in [3.05, 3.63) is 28.7 Å². The number of thioether (sulfide) groups is 1. The van der Waals surface area contributed by atoms with E-state index in [1.165, 1.54) is 4.90 Å². The lowest BCUT2D eigenvalue weighted by Gasteiger charge is -1.93. The van der Waals surface area contributed by atoms with Crippen molar-refractivity contribution in [1.29, 1.82) is 0 Å². The highest BCUT2D eigenvalue weighted by atomic mass is 79.9. The Bertz CT molecular complexity index is 199. The molecule has 0 aliphatic carbocycles. The molecule has 0 aliphatic rings. The summed E-state index contributed by atoms with van der Waals surface area (Å²) in [6, 6.07) is 8.26. The molecule has 0 N–H and O–H groups in total. The Kier molecular flexibility index (Phi) is 6.77. The van der Waals surface area contributed by atoms with E-state index in [0.717, 1.165) is 4.47 Å². The van der Waals surface area contributed by atoms with Crippen molar-refractivity contribution >= 4 is 27.7 Å². The highest BCUT2D eigenvalue weighted by Gasteiger charge is 1.87. The molecule has 0 heterocycles. The lowest BCUT2D eigenvalue weighted by Crippen LogP contribution is -1.66. The van der Waals surface area contributed by atoms with Crippen molar-refractivity contribution in [1.82, 2.24) is 0 Å². The van der Waals surface area contributed by atoms with Crippen LogP contribution in [0.4, 0.5) is 0 Å². The van der Waals surface area contributed by atoms with Crippen LogP contribution in [0.3, 0.4) is 0 Å². The van der Waals surface area contributed by atoms with E-state index >= 15 is 0 Å². The third kappa shape index (κ3) is 4.49. The molecule has 1 rings (SSSR count). The second-order valence-electron chi connectivity index (χ2n) is 1.66. The molecule has 0 amide bonds. The monoisotopic (exact) mass is 232 g/mol. The maximum atomic E-state index is 3.39. The van der Waals surface area contributed by atoms with Crippen LogP contribution in [-0.4, -0.2) is 6.26 Å². The average molecular weight is 233 g/mol. The summed E-state index contributed by atoms with van der Waals surface area (Å²) in [5, 5.41) is 0. The maximum absolute atomic E-state index is 3.39. The molecule has 0 atom stereocenters. The van der Waals surface area contributed by atoms with E-state index in [1.807, 2.05) is 26.0 Å². The highest BCUT2D eigenvalue weighted by molar-refractivity contribution is 9.10. The molecule has 2 heteroatoms. The molecule has 0 fully saturated rings. The fourth-order valence-electron chi connectivity index (χ4n) is 0.594. The van der Waals surface area contributed by atoms with Crippen LogP contribution in [0, 0.1) is 0 Å². The Morgan fingerprint density at radius 2 is 1.91 bits per heavy atom. The molecule has 62 valence electrons. The summed E-state index contributed by atoms with van der Waals surface area (Å²) < 4.78 is 1.15. The molecule has 0 aromatic heterocycles. The van der Waals surface area contributed by atoms with E-state index in [0.29, 0.717) is 0 Å².